The maximum Gasteiger partial charge on any atom is 0.254 e. The Bertz CT molecular complexity index is 1100. The summed E-state index contributed by atoms with van der Waals surface area (Å²) in [5.74, 6) is -0.145. The quantitative estimate of drug-likeness (QED) is 0.482. The molecule has 1 aromatic heterocycles. The standard InChI is InChI=1S/C23H19ClFNO2S/c1-13-14(2)22(29-21(13)12-27)19-8-7-17(9-20(19)24)15-3-5-16(6-4-15)23(28)26-10-18(25)11-26/h3-9,12,18H,10-11H2,1-2H3. The highest BCUT2D eigenvalue weighted by Crippen LogP contribution is 2.40. The monoisotopic (exact) mass is 427 g/mol. The minimum absolute atomic E-state index is 0.145. The zero-order valence-electron chi connectivity index (χ0n) is 16.0. The predicted molar refractivity (Wildman–Crippen MR) is 116 cm³/mol. The highest BCUT2D eigenvalue weighted by molar-refractivity contribution is 7.17. The summed E-state index contributed by atoms with van der Waals surface area (Å²) in [6, 6.07) is 13.1. The fraction of sp³-hybridized carbons (Fsp3) is 0.217. The largest absolute Gasteiger partial charge is 0.333 e. The molecule has 0 aliphatic carbocycles. The lowest BCUT2D eigenvalue weighted by atomic mass is 10.00. The van der Waals surface area contributed by atoms with Gasteiger partial charge < -0.3 is 4.90 Å². The number of aldehydes is 1. The Kier molecular flexibility index (Phi) is 5.28. The lowest BCUT2D eigenvalue weighted by molar-refractivity contribution is 0.0400. The minimum atomic E-state index is -0.905. The van der Waals surface area contributed by atoms with Gasteiger partial charge in [-0.1, -0.05) is 35.9 Å². The SMILES string of the molecule is Cc1c(C=O)sc(-c2ccc(-c3ccc(C(=O)N4CC(F)C4)cc3)cc2Cl)c1C. The number of likely N-dealkylation sites (tertiary alicyclic amines) is 1. The Labute approximate surface area is 177 Å². The summed E-state index contributed by atoms with van der Waals surface area (Å²) < 4.78 is 13.0. The third-order valence-electron chi connectivity index (χ3n) is 5.39. The third kappa shape index (κ3) is 3.61. The van der Waals surface area contributed by atoms with Crippen LogP contribution in [0.15, 0.2) is 42.5 Å². The van der Waals surface area contributed by atoms with Crippen molar-refractivity contribution in [3.8, 4) is 21.6 Å². The molecule has 148 valence electrons. The Morgan fingerprint density at radius 1 is 1.10 bits per heavy atom. The average Bonchev–Trinajstić information content (AvgIpc) is 2.99. The number of amides is 1. The van der Waals surface area contributed by atoms with E-state index in [4.69, 9.17) is 11.6 Å². The first-order valence-electron chi connectivity index (χ1n) is 9.28. The molecule has 4 rings (SSSR count). The van der Waals surface area contributed by atoms with Gasteiger partial charge in [-0.15, -0.1) is 11.3 Å². The third-order valence-corrected chi connectivity index (χ3v) is 7.06. The second-order valence-electron chi connectivity index (χ2n) is 7.24. The van der Waals surface area contributed by atoms with Crippen LogP contribution in [0.4, 0.5) is 4.39 Å². The molecular formula is C23H19ClFNO2S. The van der Waals surface area contributed by atoms with Crippen LogP contribution >= 0.6 is 22.9 Å². The molecule has 1 aliphatic heterocycles. The maximum absolute atomic E-state index is 13.0. The van der Waals surface area contributed by atoms with Gasteiger partial charge in [0.2, 0.25) is 0 Å². The number of carbonyl (C=O) groups excluding carboxylic acids is 2. The van der Waals surface area contributed by atoms with Crippen LogP contribution < -0.4 is 0 Å². The van der Waals surface area contributed by atoms with Gasteiger partial charge in [0.05, 0.1) is 18.0 Å². The van der Waals surface area contributed by atoms with Gasteiger partial charge in [0.25, 0.3) is 5.91 Å². The fourth-order valence-electron chi connectivity index (χ4n) is 3.44. The number of thiophene rings is 1. The van der Waals surface area contributed by atoms with Crippen LogP contribution in [-0.4, -0.2) is 36.4 Å². The van der Waals surface area contributed by atoms with Crippen molar-refractivity contribution in [2.24, 2.45) is 0 Å². The molecule has 0 radical (unpaired) electrons. The number of hydrogen-bond donors (Lipinski definition) is 0. The van der Waals surface area contributed by atoms with Crippen molar-refractivity contribution in [3.05, 3.63) is 69.1 Å². The lowest BCUT2D eigenvalue weighted by Gasteiger charge is -2.34. The van der Waals surface area contributed by atoms with Crippen molar-refractivity contribution in [1.82, 2.24) is 4.90 Å². The van der Waals surface area contributed by atoms with Crippen LogP contribution in [-0.2, 0) is 0 Å². The van der Waals surface area contributed by atoms with E-state index in [1.807, 2.05) is 44.2 Å². The van der Waals surface area contributed by atoms with Gasteiger partial charge in [0, 0.05) is 21.0 Å². The Balaban J connectivity index is 1.60. The van der Waals surface area contributed by atoms with Crippen LogP contribution in [0.1, 0.15) is 31.2 Å². The van der Waals surface area contributed by atoms with Crippen molar-refractivity contribution in [2.45, 2.75) is 20.0 Å². The second-order valence-corrected chi connectivity index (χ2v) is 8.70. The van der Waals surface area contributed by atoms with E-state index in [0.717, 1.165) is 43.9 Å². The van der Waals surface area contributed by atoms with E-state index in [2.05, 4.69) is 0 Å². The van der Waals surface area contributed by atoms with Crippen LogP contribution in [0.25, 0.3) is 21.6 Å². The molecule has 6 heteroatoms. The highest BCUT2D eigenvalue weighted by atomic mass is 35.5. The number of alkyl halides is 1. The van der Waals surface area contributed by atoms with Crippen molar-refractivity contribution in [1.29, 1.82) is 0 Å². The van der Waals surface area contributed by atoms with Crippen molar-refractivity contribution >= 4 is 35.1 Å². The van der Waals surface area contributed by atoms with Crippen LogP contribution in [0.5, 0.6) is 0 Å². The molecule has 0 bridgehead atoms. The second kappa shape index (κ2) is 7.73. The van der Waals surface area contributed by atoms with Crippen LogP contribution in [0.2, 0.25) is 5.02 Å². The summed E-state index contributed by atoms with van der Waals surface area (Å²) in [6.45, 7) is 4.28. The topological polar surface area (TPSA) is 37.4 Å². The molecule has 2 aromatic carbocycles. The van der Waals surface area contributed by atoms with E-state index in [0.29, 0.717) is 10.6 Å². The molecule has 1 aliphatic rings. The minimum Gasteiger partial charge on any atom is -0.333 e. The smallest absolute Gasteiger partial charge is 0.254 e. The predicted octanol–water partition coefficient (Wildman–Crippen LogP) is 5.96. The first-order chi connectivity index (χ1) is 13.9. The van der Waals surface area contributed by atoms with Crippen LogP contribution in [0, 0.1) is 13.8 Å². The van der Waals surface area contributed by atoms with Gasteiger partial charge in [-0.3, -0.25) is 9.59 Å². The Morgan fingerprint density at radius 2 is 1.76 bits per heavy atom. The maximum atomic E-state index is 13.0. The molecule has 1 fully saturated rings. The molecule has 0 N–H and O–H groups in total. The van der Waals surface area contributed by atoms with E-state index < -0.39 is 6.17 Å². The first kappa shape index (κ1) is 19.8. The molecule has 0 saturated carbocycles. The van der Waals surface area contributed by atoms with Gasteiger partial charge in [-0.05, 0) is 54.3 Å². The number of benzene rings is 2. The molecule has 0 atom stereocenters. The summed E-state index contributed by atoms with van der Waals surface area (Å²) in [5, 5.41) is 0.610. The summed E-state index contributed by atoms with van der Waals surface area (Å²) in [5.41, 5.74) is 5.38. The molecule has 3 nitrogen and oxygen atoms in total. The highest BCUT2D eigenvalue weighted by Gasteiger charge is 2.30. The number of nitrogens with zero attached hydrogens (tertiary/aromatic N) is 1. The van der Waals surface area contributed by atoms with E-state index in [1.165, 1.54) is 16.2 Å². The summed E-state index contributed by atoms with van der Waals surface area (Å²) in [4.78, 5) is 26.7. The van der Waals surface area contributed by atoms with Gasteiger partial charge in [-0.2, -0.15) is 0 Å². The molecule has 1 saturated heterocycles. The van der Waals surface area contributed by atoms with E-state index in [1.54, 1.807) is 12.1 Å². The zero-order valence-corrected chi connectivity index (χ0v) is 17.6. The number of hydrogen-bond acceptors (Lipinski definition) is 3. The fourth-order valence-corrected chi connectivity index (χ4v) is 4.94. The van der Waals surface area contributed by atoms with Gasteiger partial charge in [0.1, 0.15) is 6.17 Å². The first-order valence-corrected chi connectivity index (χ1v) is 10.5. The van der Waals surface area contributed by atoms with E-state index >= 15 is 0 Å². The Morgan fingerprint density at radius 3 is 2.31 bits per heavy atom. The van der Waals surface area contributed by atoms with Gasteiger partial charge >= 0.3 is 0 Å². The molecule has 0 unspecified atom stereocenters. The molecular weight excluding hydrogens is 409 g/mol. The molecule has 0 spiro atoms. The number of carbonyl (C=O) groups is 2. The lowest BCUT2D eigenvalue weighted by Crippen LogP contribution is -2.51. The van der Waals surface area contributed by atoms with Crippen LogP contribution in [0.3, 0.4) is 0 Å². The molecule has 3 aromatic rings. The Hall–Kier alpha value is -2.50. The van der Waals surface area contributed by atoms with E-state index in [9.17, 15) is 14.0 Å². The number of rotatable bonds is 4. The van der Waals surface area contributed by atoms with Crippen molar-refractivity contribution in [2.75, 3.05) is 13.1 Å². The summed E-state index contributed by atoms with van der Waals surface area (Å²) in [6.07, 6.45) is -0.0209. The molecule has 2 heterocycles. The summed E-state index contributed by atoms with van der Waals surface area (Å²) >= 11 is 8.03. The molecule has 29 heavy (non-hydrogen) atoms. The average molecular weight is 428 g/mol. The van der Waals surface area contributed by atoms with Crippen molar-refractivity contribution in [3.63, 3.8) is 0 Å². The van der Waals surface area contributed by atoms with Gasteiger partial charge in [-0.25, -0.2) is 4.39 Å². The normalized spacial score (nSPS) is 14.0. The van der Waals surface area contributed by atoms with Gasteiger partial charge in [0.15, 0.2) is 6.29 Å². The zero-order chi connectivity index (χ0) is 20.7. The number of halogens is 2. The van der Waals surface area contributed by atoms with Crippen molar-refractivity contribution < 1.29 is 14.0 Å². The molecule has 1 amide bonds. The summed E-state index contributed by atoms with van der Waals surface area (Å²) in [7, 11) is 0. The van der Waals surface area contributed by atoms with E-state index in [-0.39, 0.29) is 19.0 Å².